The maximum atomic E-state index is 13.2. The van der Waals surface area contributed by atoms with E-state index in [4.69, 9.17) is 5.26 Å². The van der Waals surface area contributed by atoms with Crippen LogP contribution in [-0.4, -0.2) is 52.3 Å². The molecule has 0 spiro atoms. The maximum Gasteiger partial charge on any atom is 0.270 e. The fraction of sp³-hybridized carbons (Fsp3) is 0.400. The van der Waals surface area contributed by atoms with E-state index in [1.165, 1.54) is 6.08 Å². The lowest BCUT2D eigenvalue weighted by atomic mass is 10.1. The number of hydrogen-bond donors (Lipinski definition) is 1. The van der Waals surface area contributed by atoms with Crippen LogP contribution in [0.5, 0.6) is 0 Å². The number of sulfone groups is 1. The Morgan fingerprint density at radius 3 is 2.47 bits per heavy atom. The average Bonchev–Trinajstić information content (AvgIpc) is 3.49. The standard InChI is InChI=1S/C25H28N4O4S/c1-4-24(2,3)34(32,33)25(11-12-25)17-28-13-14-29-20(9-10-21(29)23(28)31)22(30)27-16-19-7-5-18(15-26)6-8-19/h4-10H,1,11-14,16-17H2,2-3H3,(H,27,30). The van der Waals surface area contributed by atoms with Crippen molar-refractivity contribution in [1.29, 1.82) is 5.26 Å². The van der Waals surface area contributed by atoms with Crippen LogP contribution in [0.4, 0.5) is 0 Å². The number of fused-ring (bicyclic) bond motifs is 1. The molecule has 1 aromatic carbocycles. The number of nitriles is 1. The topological polar surface area (TPSA) is 112 Å². The van der Waals surface area contributed by atoms with Crippen molar-refractivity contribution in [2.24, 2.45) is 0 Å². The molecule has 1 aromatic heterocycles. The highest BCUT2D eigenvalue weighted by atomic mass is 32.2. The van der Waals surface area contributed by atoms with Gasteiger partial charge in [-0.3, -0.25) is 9.59 Å². The fourth-order valence-electron chi connectivity index (χ4n) is 4.37. The van der Waals surface area contributed by atoms with E-state index < -0.39 is 19.3 Å². The highest BCUT2D eigenvalue weighted by Gasteiger charge is 2.60. The van der Waals surface area contributed by atoms with Gasteiger partial charge in [0.2, 0.25) is 0 Å². The van der Waals surface area contributed by atoms with Gasteiger partial charge in [-0.25, -0.2) is 8.42 Å². The molecular formula is C25H28N4O4S. The van der Waals surface area contributed by atoms with Gasteiger partial charge in [0.05, 0.1) is 21.1 Å². The molecule has 2 heterocycles. The summed E-state index contributed by atoms with van der Waals surface area (Å²) in [6, 6.07) is 12.2. The molecular weight excluding hydrogens is 452 g/mol. The quantitative estimate of drug-likeness (QED) is 0.584. The van der Waals surface area contributed by atoms with Crippen LogP contribution in [0.3, 0.4) is 0 Å². The van der Waals surface area contributed by atoms with Crippen LogP contribution in [0.25, 0.3) is 0 Å². The average molecular weight is 481 g/mol. The van der Waals surface area contributed by atoms with Crippen molar-refractivity contribution < 1.29 is 18.0 Å². The Kier molecular flexibility index (Phi) is 5.90. The fourth-order valence-corrected chi connectivity index (χ4v) is 6.67. The zero-order valence-corrected chi connectivity index (χ0v) is 20.2. The van der Waals surface area contributed by atoms with Gasteiger partial charge >= 0.3 is 0 Å². The normalized spacial score (nSPS) is 17.0. The summed E-state index contributed by atoms with van der Waals surface area (Å²) in [5, 5.41) is 11.7. The Bertz CT molecular complexity index is 1300. The lowest BCUT2D eigenvalue weighted by Crippen LogP contribution is -2.50. The van der Waals surface area contributed by atoms with Gasteiger partial charge in [-0.05, 0) is 56.5 Å². The Hall–Kier alpha value is -3.38. The Morgan fingerprint density at radius 1 is 1.21 bits per heavy atom. The molecule has 0 atom stereocenters. The molecule has 34 heavy (non-hydrogen) atoms. The molecule has 1 N–H and O–H groups in total. The molecule has 1 aliphatic heterocycles. The van der Waals surface area contributed by atoms with Crippen molar-refractivity contribution in [1.82, 2.24) is 14.8 Å². The monoisotopic (exact) mass is 480 g/mol. The lowest BCUT2D eigenvalue weighted by Gasteiger charge is -2.34. The first-order valence-electron chi connectivity index (χ1n) is 11.2. The number of hydrogen-bond acceptors (Lipinski definition) is 5. The van der Waals surface area contributed by atoms with Crippen LogP contribution in [0.2, 0.25) is 0 Å². The van der Waals surface area contributed by atoms with Crippen molar-refractivity contribution in [3.63, 3.8) is 0 Å². The first kappa shape index (κ1) is 23.8. The summed E-state index contributed by atoms with van der Waals surface area (Å²) in [5.41, 5.74) is 2.18. The number of nitrogens with one attached hydrogen (secondary N) is 1. The van der Waals surface area contributed by atoms with Crippen molar-refractivity contribution >= 4 is 21.7 Å². The highest BCUT2D eigenvalue weighted by Crippen LogP contribution is 2.49. The van der Waals surface area contributed by atoms with Gasteiger partial charge in [0.1, 0.15) is 11.4 Å². The smallest absolute Gasteiger partial charge is 0.270 e. The van der Waals surface area contributed by atoms with Gasteiger partial charge in [-0.2, -0.15) is 5.26 Å². The van der Waals surface area contributed by atoms with Crippen LogP contribution < -0.4 is 5.32 Å². The van der Waals surface area contributed by atoms with Crippen molar-refractivity contribution in [3.05, 3.63) is 71.6 Å². The van der Waals surface area contributed by atoms with Crippen molar-refractivity contribution in [3.8, 4) is 6.07 Å². The minimum atomic E-state index is -3.52. The van der Waals surface area contributed by atoms with Gasteiger partial charge in [0, 0.05) is 26.2 Å². The predicted molar refractivity (Wildman–Crippen MR) is 128 cm³/mol. The summed E-state index contributed by atoms with van der Waals surface area (Å²) in [6.45, 7) is 8.15. The number of carbonyl (C=O) groups excluding carboxylic acids is 2. The van der Waals surface area contributed by atoms with Crippen LogP contribution >= 0.6 is 0 Å². The predicted octanol–water partition coefficient (Wildman–Crippen LogP) is 2.66. The molecule has 1 aliphatic carbocycles. The Morgan fingerprint density at radius 2 is 1.88 bits per heavy atom. The second-order valence-electron chi connectivity index (χ2n) is 9.47. The number of amides is 2. The SMILES string of the molecule is C=CC(C)(C)S(=O)(=O)C1(CN2CCn3c(C(=O)NCc4ccc(C#N)cc4)ccc3C2=O)CC1. The van der Waals surface area contributed by atoms with Crippen LogP contribution in [0, 0.1) is 11.3 Å². The molecule has 1 saturated carbocycles. The molecule has 2 amide bonds. The third-order valence-corrected chi connectivity index (χ3v) is 10.1. The van der Waals surface area contributed by atoms with Crippen LogP contribution in [0.15, 0.2) is 49.1 Å². The van der Waals surface area contributed by atoms with Gasteiger partial charge < -0.3 is 14.8 Å². The summed E-state index contributed by atoms with van der Waals surface area (Å²) in [4.78, 5) is 27.5. The molecule has 0 radical (unpaired) electrons. The molecule has 0 bridgehead atoms. The van der Waals surface area contributed by atoms with E-state index in [0.717, 1.165) is 5.56 Å². The van der Waals surface area contributed by atoms with E-state index in [0.29, 0.717) is 49.4 Å². The van der Waals surface area contributed by atoms with E-state index in [9.17, 15) is 18.0 Å². The molecule has 8 nitrogen and oxygen atoms in total. The molecule has 178 valence electrons. The third kappa shape index (κ3) is 3.92. The van der Waals surface area contributed by atoms with Gasteiger partial charge in [0.25, 0.3) is 11.8 Å². The molecule has 4 rings (SSSR count). The number of carbonyl (C=O) groups is 2. The second kappa shape index (κ2) is 8.44. The summed E-state index contributed by atoms with van der Waals surface area (Å²) < 4.78 is 26.1. The first-order chi connectivity index (χ1) is 16.0. The van der Waals surface area contributed by atoms with Crippen molar-refractivity contribution in [2.45, 2.75) is 49.3 Å². The van der Waals surface area contributed by atoms with E-state index >= 15 is 0 Å². The number of aromatic nitrogens is 1. The Labute approximate surface area is 199 Å². The minimum Gasteiger partial charge on any atom is -0.347 e. The summed E-state index contributed by atoms with van der Waals surface area (Å²) in [6.07, 6.45) is 2.51. The van der Waals surface area contributed by atoms with Gasteiger partial charge in [0.15, 0.2) is 9.84 Å². The van der Waals surface area contributed by atoms with Gasteiger partial charge in [-0.1, -0.05) is 18.2 Å². The second-order valence-corrected chi connectivity index (χ2v) is 12.4. The first-order valence-corrected chi connectivity index (χ1v) is 12.7. The van der Waals surface area contributed by atoms with Crippen LogP contribution in [0.1, 0.15) is 58.8 Å². The maximum absolute atomic E-state index is 13.2. The molecule has 9 heteroatoms. The zero-order chi connectivity index (χ0) is 24.7. The molecule has 0 saturated heterocycles. The molecule has 2 aliphatic rings. The Balaban J connectivity index is 1.46. The molecule has 0 unspecified atom stereocenters. The largest absolute Gasteiger partial charge is 0.347 e. The highest BCUT2D eigenvalue weighted by molar-refractivity contribution is 7.94. The van der Waals surface area contributed by atoms with E-state index in [2.05, 4.69) is 18.0 Å². The molecule has 2 aromatic rings. The van der Waals surface area contributed by atoms with Gasteiger partial charge in [-0.15, -0.1) is 6.58 Å². The molecule has 1 fully saturated rings. The van der Waals surface area contributed by atoms with E-state index in [1.54, 1.807) is 59.7 Å². The number of nitrogens with zero attached hydrogens (tertiary/aromatic N) is 3. The number of benzene rings is 1. The summed E-state index contributed by atoms with van der Waals surface area (Å²) in [5.74, 6) is -0.568. The summed E-state index contributed by atoms with van der Waals surface area (Å²) >= 11 is 0. The van der Waals surface area contributed by atoms with E-state index in [-0.39, 0.29) is 18.4 Å². The minimum absolute atomic E-state index is 0.150. The third-order valence-electron chi connectivity index (χ3n) is 6.89. The van der Waals surface area contributed by atoms with Crippen molar-refractivity contribution in [2.75, 3.05) is 13.1 Å². The zero-order valence-electron chi connectivity index (χ0n) is 19.4. The summed E-state index contributed by atoms with van der Waals surface area (Å²) in [7, 11) is -3.52. The van der Waals surface area contributed by atoms with E-state index in [1.807, 2.05) is 0 Å². The number of rotatable bonds is 8. The van der Waals surface area contributed by atoms with Crippen LogP contribution in [-0.2, 0) is 22.9 Å². The lowest BCUT2D eigenvalue weighted by molar-refractivity contribution is 0.0698.